The van der Waals surface area contributed by atoms with Crippen molar-refractivity contribution in [3.05, 3.63) is 107 Å². The van der Waals surface area contributed by atoms with E-state index in [0.29, 0.717) is 33.8 Å². The van der Waals surface area contributed by atoms with Gasteiger partial charge in [0.05, 0.1) is 11.1 Å². The third-order valence-electron chi connectivity index (χ3n) is 5.62. The topological polar surface area (TPSA) is 47.3 Å². The highest BCUT2D eigenvalue weighted by molar-refractivity contribution is 6.32. The van der Waals surface area contributed by atoms with Crippen molar-refractivity contribution >= 4 is 11.6 Å². The Labute approximate surface area is 175 Å². The first-order chi connectivity index (χ1) is 14.6. The van der Waals surface area contributed by atoms with E-state index in [1.54, 1.807) is 6.07 Å². The van der Waals surface area contributed by atoms with Gasteiger partial charge in [0.15, 0.2) is 11.6 Å². The molecule has 0 radical (unpaired) electrons. The van der Waals surface area contributed by atoms with Crippen molar-refractivity contribution in [2.24, 2.45) is 0 Å². The van der Waals surface area contributed by atoms with Crippen molar-refractivity contribution in [2.45, 2.75) is 19.8 Å². The molecule has 0 atom stereocenters. The van der Waals surface area contributed by atoms with Gasteiger partial charge >= 0.3 is 0 Å². The van der Waals surface area contributed by atoms with Crippen LogP contribution in [0.4, 0.5) is 0 Å². The molecule has 0 saturated heterocycles. The van der Waals surface area contributed by atoms with Crippen LogP contribution in [0.15, 0.2) is 83.3 Å². The third kappa shape index (κ3) is 2.66. The van der Waals surface area contributed by atoms with Crippen LogP contribution in [-0.2, 0) is 0 Å². The van der Waals surface area contributed by atoms with Gasteiger partial charge in [-0.25, -0.2) is 0 Å². The Bertz CT molecular complexity index is 1280. The predicted molar refractivity (Wildman–Crippen MR) is 117 cm³/mol. The predicted octanol–water partition coefficient (Wildman–Crippen LogP) is 6.51. The summed E-state index contributed by atoms with van der Waals surface area (Å²) in [5.41, 5.74) is 4.13. The lowest BCUT2D eigenvalue weighted by molar-refractivity contribution is 0.0980. The normalized spacial score (nSPS) is 12.8. The molecule has 3 heteroatoms. The van der Waals surface area contributed by atoms with Crippen LogP contribution >= 0.6 is 0 Å². The molecule has 4 aromatic rings. The van der Waals surface area contributed by atoms with Gasteiger partial charge < -0.3 is 4.42 Å². The van der Waals surface area contributed by atoms with E-state index in [9.17, 15) is 9.59 Å². The largest absolute Gasteiger partial charge is 0.454 e. The highest BCUT2D eigenvalue weighted by Gasteiger charge is 2.39. The number of ketones is 2. The zero-order chi connectivity index (χ0) is 20.8. The summed E-state index contributed by atoms with van der Waals surface area (Å²) < 4.78 is 6.27. The lowest BCUT2D eigenvalue weighted by Gasteiger charge is -2.20. The minimum atomic E-state index is -0.160. The molecule has 1 aliphatic carbocycles. The quantitative estimate of drug-likeness (QED) is 0.351. The number of fused-ring (bicyclic) bond motifs is 2. The maximum atomic E-state index is 13.8. The van der Waals surface area contributed by atoms with Crippen LogP contribution < -0.4 is 0 Å². The molecular weight excluding hydrogens is 372 g/mol. The molecule has 30 heavy (non-hydrogen) atoms. The fraction of sp³-hybridized carbons (Fsp3) is 0.111. The molecular formula is C27H20O3. The van der Waals surface area contributed by atoms with Crippen molar-refractivity contribution < 1.29 is 14.0 Å². The van der Waals surface area contributed by atoms with Gasteiger partial charge in [0.2, 0.25) is 0 Å². The zero-order valence-corrected chi connectivity index (χ0v) is 16.8. The van der Waals surface area contributed by atoms with Crippen LogP contribution in [-0.4, -0.2) is 11.6 Å². The summed E-state index contributed by atoms with van der Waals surface area (Å²) in [7, 11) is 0. The van der Waals surface area contributed by atoms with Crippen LogP contribution in [0.1, 0.15) is 57.2 Å². The van der Waals surface area contributed by atoms with Gasteiger partial charge in [-0.3, -0.25) is 9.59 Å². The van der Waals surface area contributed by atoms with Crippen LogP contribution in [0.3, 0.4) is 0 Å². The Morgan fingerprint density at radius 2 is 1.13 bits per heavy atom. The summed E-state index contributed by atoms with van der Waals surface area (Å²) in [5, 5.41) is 0. The van der Waals surface area contributed by atoms with Gasteiger partial charge in [0.1, 0.15) is 11.5 Å². The van der Waals surface area contributed by atoms with E-state index in [-0.39, 0.29) is 17.5 Å². The lowest BCUT2D eigenvalue weighted by Crippen LogP contribution is -2.22. The molecule has 0 spiro atoms. The fourth-order valence-electron chi connectivity index (χ4n) is 4.20. The minimum absolute atomic E-state index is 0.124. The van der Waals surface area contributed by atoms with E-state index in [2.05, 4.69) is 0 Å². The summed E-state index contributed by atoms with van der Waals surface area (Å²) in [6.45, 7) is 4.07. The molecule has 1 aliphatic rings. The van der Waals surface area contributed by atoms with Crippen LogP contribution in [0, 0.1) is 0 Å². The molecule has 1 aromatic heterocycles. The fourth-order valence-corrected chi connectivity index (χ4v) is 4.20. The minimum Gasteiger partial charge on any atom is -0.454 e. The molecule has 1 heterocycles. The van der Waals surface area contributed by atoms with Crippen molar-refractivity contribution in [3.63, 3.8) is 0 Å². The number of hydrogen-bond acceptors (Lipinski definition) is 3. The van der Waals surface area contributed by atoms with Crippen LogP contribution in [0.2, 0.25) is 0 Å². The first-order valence-corrected chi connectivity index (χ1v) is 10.1. The van der Waals surface area contributed by atoms with E-state index in [1.165, 1.54) is 0 Å². The standard InChI is InChI=1S/C27H20O3/c1-16(2)19-14-9-15-20-21(19)25(29)23-22(24(20)28)26(17-10-5-3-6-11-17)30-27(23)18-12-7-4-8-13-18/h3-16H,1-2H3. The molecule has 0 aliphatic heterocycles. The number of carbonyl (C=O) groups excluding carboxylic acids is 2. The maximum Gasteiger partial charge on any atom is 0.198 e. The van der Waals surface area contributed by atoms with Gasteiger partial charge in [-0.15, -0.1) is 0 Å². The van der Waals surface area contributed by atoms with Gasteiger partial charge in [-0.1, -0.05) is 92.7 Å². The Hall–Kier alpha value is -3.72. The Morgan fingerprint density at radius 1 is 0.600 bits per heavy atom. The van der Waals surface area contributed by atoms with Crippen molar-refractivity contribution in [1.29, 1.82) is 0 Å². The molecule has 0 unspecified atom stereocenters. The molecule has 0 bridgehead atoms. The first-order valence-electron chi connectivity index (χ1n) is 10.1. The van der Waals surface area contributed by atoms with E-state index < -0.39 is 0 Å². The summed E-state index contributed by atoms with van der Waals surface area (Å²) >= 11 is 0. The third-order valence-corrected chi connectivity index (χ3v) is 5.62. The highest BCUT2D eigenvalue weighted by atomic mass is 16.3. The number of carbonyl (C=O) groups is 2. The van der Waals surface area contributed by atoms with E-state index in [4.69, 9.17) is 4.42 Å². The average molecular weight is 392 g/mol. The van der Waals surface area contributed by atoms with E-state index in [0.717, 1.165) is 16.7 Å². The van der Waals surface area contributed by atoms with Gasteiger partial charge in [0, 0.05) is 22.3 Å². The highest BCUT2D eigenvalue weighted by Crippen LogP contribution is 2.43. The van der Waals surface area contributed by atoms with E-state index in [1.807, 2.05) is 86.6 Å². The van der Waals surface area contributed by atoms with E-state index >= 15 is 0 Å². The smallest absolute Gasteiger partial charge is 0.198 e. The van der Waals surface area contributed by atoms with Crippen LogP contribution in [0.25, 0.3) is 22.6 Å². The van der Waals surface area contributed by atoms with Crippen molar-refractivity contribution in [2.75, 3.05) is 0 Å². The number of hydrogen-bond donors (Lipinski definition) is 0. The lowest BCUT2D eigenvalue weighted by atomic mass is 9.79. The van der Waals surface area contributed by atoms with Crippen LogP contribution in [0.5, 0.6) is 0 Å². The molecule has 0 N–H and O–H groups in total. The zero-order valence-electron chi connectivity index (χ0n) is 16.8. The second-order valence-corrected chi connectivity index (χ2v) is 7.83. The number of rotatable bonds is 3. The summed E-state index contributed by atoms with van der Waals surface area (Å²) in [6.07, 6.45) is 0. The second kappa shape index (κ2) is 6.96. The molecule has 3 aromatic carbocycles. The second-order valence-electron chi connectivity index (χ2n) is 7.83. The van der Waals surface area contributed by atoms with Gasteiger partial charge in [-0.2, -0.15) is 0 Å². The first kappa shape index (κ1) is 18.3. The Morgan fingerprint density at radius 3 is 1.67 bits per heavy atom. The maximum absolute atomic E-state index is 13.8. The Balaban J connectivity index is 1.85. The molecule has 0 amide bonds. The number of benzene rings is 3. The summed E-state index contributed by atoms with van der Waals surface area (Å²) in [5.74, 6) is 0.718. The monoisotopic (exact) mass is 392 g/mol. The number of furan rings is 1. The summed E-state index contributed by atoms with van der Waals surface area (Å²) in [4.78, 5) is 27.5. The molecule has 0 saturated carbocycles. The van der Waals surface area contributed by atoms with Crippen molar-refractivity contribution in [3.8, 4) is 22.6 Å². The van der Waals surface area contributed by atoms with Gasteiger partial charge in [0.25, 0.3) is 0 Å². The molecule has 146 valence electrons. The Kier molecular flexibility index (Phi) is 4.25. The average Bonchev–Trinajstić information content (AvgIpc) is 3.19. The van der Waals surface area contributed by atoms with Crippen molar-refractivity contribution in [1.82, 2.24) is 0 Å². The molecule has 0 fully saturated rings. The van der Waals surface area contributed by atoms with Gasteiger partial charge in [-0.05, 0) is 11.5 Å². The summed E-state index contributed by atoms with van der Waals surface area (Å²) in [6, 6.07) is 24.5. The molecule has 3 nitrogen and oxygen atoms in total. The molecule has 5 rings (SSSR count). The SMILES string of the molecule is CC(C)c1cccc2c1C(=O)c1c(-c3ccccc3)oc(-c3ccccc3)c1C2=O.